The molecule has 7 heteroatoms. The van der Waals surface area contributed by atoms with Crippen molar-refractivity contribution in [2.75, 3.05) is 13.1 Å². The lowest BCUT2D eigenvalue weighted by atomic mass is 9.95. The van der Waals surface area contributed by atoms with Gasteiger partial charge in [-0.2, -0.15) is 5.10 Å². The van der Waals surface area contributed by atoms with E-state index < -0.39 is 9.84 Å². The fourth-order valence-corrected chi connectivity index (χ4v) is 6.44. The first-order valence-corrected chi connectivity index (χ1v) is 10.2. The van der Waals surface area contributed by atoms with E-state index in [1.807, 2.05) is 37.6 Å². The maximum Gasteiger partial charge on any atom is 0.183 e. The van der Waals surface area contributed by atoms with E-state index >= 15 is 0 Å². The van der Waals surface area contributed by atoms with Crippen LogP contribution in [0.1, 0.15) is 17.0 Å². The molecule has 2 unspecified atom stereocenters. The van der Waals surface area contributed by atoms with Crippen molar-refractivity contribution in [3.05, 3.63) is 60.3 Å². The van der Waals surface area contributed by atoms with Crippen LogP contribution in [0, 0.1) is 0 Å². The molecule has 6 nitrogen and oxygen atoms in total. The zero-order chi connectivity index (χ0) is 17.9. The van der Waals surface area contributed by atoms with Crippen molar-refractivity contribution < 1.29 is 12.8 Å². The topological polar surface area (TPSA) is 68.3 Å². The molecule has 3 aromatic rings. The minimum absolute atomic E-state index is 0.0264. The molecule has 0 bridgehead atoms. The van der Waals surface area contributed by atoms with Crippen molar-refractivity contribution in [3.8, 4) is 11.1 Å². The third kappa shape index (κ3) is 2.34. The molecule has 1 aromatic carbocycles. The number of rotatable bonds is 3. The second-order valence-electron chi connectivity index (χ2n) is 7.17. The highest BCUT2D eigenvalue weighted by Crippen LogP contribution is 2.46. The van der Waals surface area contributed by atoms with Gasteiger partial charge in [-0.25, -0.2) is 8.42 Å². The Balaban J connectivity index is 1.50. The molecular formula is C19H19N3O3S. The zero-order valence-corrected chi connectivity index (χ0v) is 15.2. The van der Waals surface area contributed by atoms with E-state index in [1.54, 1.807) is 23.3 Å². The van der Waals surface area contributed by atoms with Crippen LogP contribution in [0.3, 0.4) is 0 Å². The summed E-state index contributed by atoms with van der Waals surface area (Å²) in [6.45, 7) is 2.03. The molecule has 1 fully saturated rings. The smallest absolute Gasteiger partial charge is 0.183 e. The molecule has 0 radical (unpaired) electrons. The molecule has 2 atom stereocenters. The van der Waals surface area contributed by atoms with Crippen LogP contribution in [0.5, 0.6) is 0 Å². The van der Waals surface area contributed by atoms with Gasteiger partial charge in [-0.05, 0) is 29.3 Å². The van der Waals surface area contributed by atoms with Gasteiger partial charge in [0.2, 0.25) is 0 Å². The van der Waals surface area contributed by atoms with Crippen LogP contribution in [0.25, 0.3) is 11.1 Å². The van der Waals surface area contributed by atoms with Gasteiger partial charge in [0.15, 0.2) is 9.84 Å². The van der Waals surface area contributed by atoms with Gasteiger partial charge < -0.3 is 4.42 Å². The quantitative estimate of drug-likeness (QED) is 0.709. The van der Waals surface area contributed by atoms with E-state index in [4.69, 9.17) is 4.42 Å². The third-order valence-electron chi connectivity index (χ3n) is 5.48. The van der Waals surface area contributed by atoms with Crippen LogP contribution in [0.2, 0.25) is 0 Å². The zero-order valence-electron chi connectivity index (χ0n) is 14.4. The minimum atomic E-state index is -3.27. The molecule has 5 rings (SSSR count). The van der Waals surface area contributed by atoms with Crippen molar-refractivity contribution in [2.45, 2.75) is 22.6 Å². The van der Waals surface area contributed by atoms with E-state index in [1.165, 1.54) is 0 Å². The predicted octanol–water partition coefficient (Wildman–Crippen LogP) is 2.44. The maximum absolute atomic E-state index is 13.0. The monoisotopic (exact) mass is 369 g/mol. The average Bonchev–Trinajstić information content (AvgIpc) is 3.37. The Bertz CT molecular complexity index is 1070. The van der Waals surface area contributed by atoms with Crippen molar-refractivity contribution in [2.24, 2.45) is 7.05 Å². The summed E-state index contributed by atoms with van der Waals surface area (Å²) in [5, 5.41) is 3.86. The van der Waals surface area contributed by atoms with Crippen LogP contribution in [0.15, 0.2) is 58.5 Å². The molecule has 0 saturated carbocycles. The van der Waals surface area contributed by atoms with E-state index in [9.17, 15) is 8.42 Å². The SMILES string of the molecule is Cn1cc(-c2ccc3c(c2)C2CN(Cc4ccoc4)CC2S3(=O)=O)cn1. The first-order chi connectivity index (χ1) is 12.5. The summed E-state index contributed by atoms with van der Waals surface area (Å²) < 4.78 is 32.9. The number of furan rings is 1. The van der Waals surface area contributed by atoms with Crippen LogP contribution in [-0.4, -0.2) is 41.4 Å². The summed E-state index contributed by atoms with van der Waals surface area (Å²) in [6, 6.07) is 7.62. The highest BCUT2D eigenvalue weighted by Gasteiger charge is 2.50. The molecule has 0 amide bonds. The molecule has 26 heavy (non-hydrogen) atoms. The number of hydrogen-bond donors (Lipinski definition) is 0. The van der Waals surface area contributed by atoms with Gasteiger partial charge in [-0.3, -0.25) is 9.58 Å². The molecule has 2 aliphatic heterocycles. The summed E-state index contributed by atoms with van der Waals surface area (Å²) >= 11 is 0. The summed E-state index contributed by atoms with van der Waals surface area (Å²) in [5.74, 6) is 0.0264. The average molecular weight is 369 g/mol. The van der Waals surface area contributed by atoms with Gasteiger partial charge in [0.05, 0.1) is 28.9 Å². The Morgan fingerprint density at radius 1 is 1.23 bits per heavy atom. The highest BCUT2D eigenvalue weighted by molar-refractivity contribution is 7.92. The second kappa shape index (κ2) is 5.56. The Morgan fingerprint density at radius 2 is 2.12 bits per heavy atom. The third-order valence-corrected chi connectivity index (χ3v) is 7.74. The number of fused-ring (bicyclic) bond motifs is 3. The fraction of sp³-hybridized carbons (Fsp3) is 0.316. The fourth-order valence-electron chi connectivity index (χ4n) is 4.25. The molecule has 0 aliphatic carbocycles. The summed E-state index contributed by atoms with van der Waals surface area (Å²) in [6.07, 6.45) is 7.13. The lowest BCUT2D eigenvalue weighted by molar-refractivity contribution is 0.324. The minimum Gasteiger partial charge on any atom is -0.472 e. The van der Waals surface area contributed by atoms with Crippen LogP contribution >= 0.6 is 0 Å². The number of hydrogen-bond acceptors (Lipinski definition) is 5. The molecule has 1 saturated heterocycles. The number of benzene rings is 1. The van der Waals surface area contributed by atoms with Crippen molar-refractivity contribution in [1.82, 2.24) is 14.7 Å². The lowest BCUT2D eigenvalue weighted by Gasteiger charge is -2.16. The summed E-state index contributed by atoms with van der Waals surface area (Å²) in [5.41, 5.74) is 4.04. The van der Waals surface area contributed by atoms with Gasteiger partial charge in [-0.1, -0.05) is 6.07 Å². The number of aromatic nitrogens is 2. The Labute approximate surface area is 152 Å². The van der Waals surface area contributed by atoms with E-state index in [0.717, 1.165) is 35.3 Å². The summed E-state index contributed by atoms with van der Waals surface area (Å²) in [4.78, 5) is 2.71. The Hall–Kier alpha value is -2.38. The molecule has 134 valence electrons. The molecule has 2 aliphatic rings. The van der Waals surface area contributed by atoms with E-state index in [2.05, 4.69) is 10.00 Å². The van der Waals surface area contributed by atoms with Crippen LogP contribution in [0.4, 0.5) is 0 Å². The van der Waals surface area contributed by atoms with Gasteiger partial charge in [0.1, 0.15) is 0 Å². The molecule has 0 spiro atoms. The van der Waals surface area contributed by atoms with Gasteiger partial charge in [-0.15, -0.1) is 0 Å². The second-order valence-corrected chi connectivity index (χ2v) is 9.31. The first kappa shape index (κ1) is 15.8. The largest absolute Gasteiger partial charge is 0.472 e. The van der Waals surface area contributed by atoms with Crippen LogP contribution < -0.4 is 0 Å². The standard InChI is InChI=1S/C19H19N3O3S/c1-21-9-15(7-20-21)14-2-3-18-16(6-14)17-10-22(8-13-4-5-25-12-13)11-19(17)26(18,23)24/h2-7,9,12,17,19H,8,10-11H2,1H3. The molecule has 0 N–H and O–H groups in total. The van der Waals surface area contributed by atoms with Crippen molar-refractivity contribution in [3.63, 3.8) is 0 Å². The van der Waals surface area contributed by atoms with Crippen LogP contribution in [-0.2, 0) is 23.4 Å². The number of aryl methyl sites for hydroxylation is 1. The normalized spacial score (nSPS) is 23.9. The van der Waals surface area contributed by atoms with Gasteiger partial charge in [0.25, 0.3) is 0 Å². The molecule has 2 aromatic heterocycles. The molecule has 4 heterocycles. The van der Waals surface area contributed by atoms with E-state index in [-0.39, 0.29) is 11.2 Å². The lowest BCUT2D eigenvalue weighted by Crippen LogP contribution is -2.25. The number of sulfone groups is 1. The van der Waals surface area contributed by atoms with E-state index in [0.29, 0.717) is 11.4 Å². The van der Waals surface area contributed by atoms with Crippen molar-refractivity contribution in [1.29, 1.82) is 0 Å². The Morgan fingerprint density at radius 3 is 2.85 bits per heavy atom. The van der Waals surface area contributed by atoms with Gasteiger partial charge in [0, 0.05) is 49.9 Å². The van der Waals surface area contributed by atoms with Gasteiger partial charge >= 0.3 is 0 Å². The molecular weight excluding hydrogens is 350 g/mol. The first-order valence-electron chi connectivity index (χ1n) is 8.62. The van der Waals surface area contributed by atoms with Crippen molar-refractivity contribution >= 4 is 9.84 Å². The number of likely N-dealkylation sites (tertiary alicyclic amines) is 1. The highest BCUT2D eigenvalue weighted by atomic mass is 32.2. The predicted molar refractivity (Wildman–Crippen MR) is 96.3 cm³/mol. The Kier molecular flexibility index (Phi) is 3.39. The number of nitrogens with zero attached hydrogens (tertiary/aromatic N) is 3. The maximum atomic E-state index is 13.0. The summed E-state index contributed by atoms with van der Waals surface area (Å²) in [7, 11) is -1.40.